The second kappa shape index (κ2) is 6.85. The van der Waals surface area contributed by atoms with Crippen LogP contribution in [0.5, 0.6) is 0 Å². The first kappa shape index (κ1) is 13.4. The van der Waals surface area contributed by atoms with Crippen molar-refractivity contribution in [3.8, 4) is 0 Å². The zero-order valence-corrected chi connectivity index (χ0v) is 12.0. The standard InChI is InChI=1S/C10H12Br2N2O2/c1-2-16-9(15)3-4-13-10-8(12)5-7(11)6-14-10/h5-6H,2-4H2,1H3,(H,13,14). The fraction of sp³-hybridized carbons (Fsp3) is 0.400. The van der Waals surface area contributed by atoms with Gasteiger partial charge < -0.3 is 10.1 Å². The van der Waals surface area contributed by atoms with Crippen molar-refractivity contribution in [1.29, 1.82) is 0 Å². The molecule has 4 nitrogen and oxygen atoms in total. The third kappa shape index (κ3) is 4.49. The summed E-state index contributed by atoms with van der Waals surface area (Å²) in [5.74, 6) is 0.510. The van der Waals surface area contributed by atoms with Crippen LogP contribution in [-0.2, 0) is 9.53 Å². The van der Waals surface area contributed by atoms with E-state index in [1.807, 2.05) is 6.07 Å². The van der Waals surface area contributed by atoms with Gasteiger partial charge in [0, 0.05) is 17.2 Å². The molecule has 0 atom stereocenters. The summed E-state index contributed by atoms with van der Waals surface area (Å²) in [5, 5.41) is 3.05. The van der Waals surface area contributed by atoms with Crippen molar-refractivity contribution < 1.29 is 9.53 Å². The Morgan fingerprint density at radius 1 is 1.56 bits per heavy atom. The molecule has 1 rings (SSSR count). The number of nitrogens with zero attached hydrogens (tertiary/aromatic N) is 1. The predicted molar refractivity (Wildman–Crippen MR) is 69.4 cm³/mol. The maximum absolute atomic E-state index is 11.1. The number of esters is 1. The molecule has 0 spiro atoms. The molecule has 0 aromatic carbocycles. The monoisotopic (exact) mass is 350 g/mol. The number of aromatic nitrogens is 1. The molecular formula is C10H12Br2N2O2. The van der Waals surface area contributed by atoms with Gasteiger partial charge in [0.2, 0.25) is 0 Å². The summed E-state index contributed by atoms with van der Waals surface area (Å²) >= 11 is 6.69. The zero-order chi connectivity index (χ0) is 12.0. The Hall–Kier alpha value is -0.620. The number of anilines is 1. The summed E-state index contributed by atoms with van der Waals surface area (Å²) < 4.78 is 6.56. The molecule has 0 fully saturated rings. The molecular weight excluding hydrogens is 340 g/mol. The largest absolute Gasteiger partial charge is 0.466 e. The Labute approximate surface area is 111 Å². The lowest BCUT2D eigenvalue weighted by molar-refractivity contribution is -0.142. The number of ether oxygens (including phenoxy) is 1. The normalized spacial score (nSPS) is 9.94. The van der Waals surface area contributed by atoms with Crippen LogP contribution in [0.1, 0.15) is 13.3 Å². The van der Waals surface area contributed by atoms with Crippen molar-refractivity contribution in [1.82, 2.24) is 4.98 Å². The van der Waals surface area contributed by atoms with E-state index in [0.717, 1.165) is 8.95 Å². The number of hydrogen-bond donors (Lipinski definition) is 1. The molecule has 88 valence electrons. The van der Waals surface area contributed by atoms with Gasteiger partial charge >= 0.3 is 5.97 Å². The minimum Gasteiger partial charge on any atom is -0.466 e. The van der Waals surface area contributed by atoms with Gasteiger partial charge in [-0.1, -0.05) is 0 Å². The summed E-state index contributed by atoms with van der Waals surface area (Å²) in [5.41, 5.74) is 0. The number of rotatable bonds is 5. The second-order valence-electron chi connectivity index (χ2n) is 2.97. The Morgan fingerprint density at radius 2 is 2.31 bits per heavy atom. The predicted octanol–water partition coefficient (Wildman–Crippen LogP) is 2.97. The first-order chi connectivity index (χ1) is 7.63. The fourth-order valence-electron chi connectivity index (χ4n) is 1.06. The molecule has 1 N–H and O–H groups in total. The molecule has 1 aromatic heterocycles. The van der Waals surface area contributed by atoms with Gasteiger partial charge in [0.25, 0.3) is 0 Å². The van der Waals surface area contributed by atoms with E-state index in [0.29, 0.717) is 25.4 Å². The molecule has 0 bridgehead atoms. The van der Waals surface area contributed by atoms with Crippen molar-refractivity contribution in [3.63, 3.8) is 0 Å². The molecule has 1 aromatic rings. The van der Waals surface area contributed by atoms with Crippen molar-refractivity contribution in [2.75, 3.05) is 18.5 Å². The number of nitrogens with one attached hydrogen (secondary N) is 1. The van der Waals surface area contributed by atoms with Crippen molar-refractivity contribution in [3.05, 3.63) is 21.2 Å². The van der Waals surface area contributed by atoms with Gasteiger partial charge in [-0.3, -0.25) is 4.79 Å². The molecule has 0 unspecified atom stereocenters. The summed E-state index contributed by atoms with van der Waals surface area (Å²) in [6.07, 6.45) is 2.02. The number of halogens is 2. The summed E-state index contributed by atoms with van der Waals surface area (Å²) in [7, 11) is 0. The first-order valence-corrected chi connectivity index (χ1v) is 6.42. The Morgan fingerprint density at radius 3 is 2.94 bits per heavy atom. The maximum atomic E-state index is 11.1. The molecule has 0 amide bonds. The van der Waals surface area contributed by atoms with Crippen LogP contribution in [0.3, 0.4) is 0 Å². The average Bonchev–Trinajstić information content (AvgIpc) is 2.22. The molecule has 0 aliphatic rings. The van der Waals surface area contributed by atoms with Crippen LogP contribution < -0.4 is 5.32 Å². The van der Waals surface area contributed by atoms with Gasteiger partial charge in [0.1, 0.15) is 5.82 Å². The quantitative estimate of drug-likeness (QED) is 0.828. The minimum atomic E-state index is -0.205. The Bertz CT molecular complexity index is 372. The summed E-state index contributed by atoms with van der Waals surface area (Å²) in [6, 6.07) is 1.89. The Kier molecular flexibility index (Phi) is 5.76. The van der Waals surface area contributed by atoms with E-state index < -0.39 is 0 Å². The SMILES string of the molecule is CCOC(=O)CCNc1ncc(Br)cc1Br. The highest BCUT2D eigenvalue weighted by molar-refractivity contribution is 9.11. The smallest absolute Gasteiger partial charge is 0.307 e. The van der Waals surface area contributed by atoms with Crippen LogP contribution >= 0.6 is 31.9 Å². The lowest BCUT2D eigenvalue weighted by Gasteiger charge is -2.07. The average molecular weight is 352 g/mol. The number of hydrogen-bond acceptors (Lipinski definition) is 4. The van der Waals surface area contributed by atoms with E-state index >= 15 is 0 Å². The van der Waals surface area contributed by atoms with Gasteiger partial charge in [-0.05, 0) is 44.8 Å². The van der Waals surface area contributed by atoms with Gasteiger partial charge in [0.05, 0.1) is 17.5 Å². The molecule has 6 heteroatoms. The van der Waals surface area contributed by atoms with E-state index in [-0.39, 0.29) is 5.97 Å². The van der Waals surface area contributed by atoms with E-state index in [9.17, 15) is 4.79 Å². The lowest BCUT2D eigenvalue weighted by atomic mass is 10.4. The Balaban J connectivity index is 2.40. The molecule has 1 heterocycles. The zero-order valence-electron chi connectivity index (χ0n) is 8.80. The number of pyridine rings is 1. The molecule has 0 saturated carbocycles. The van der Waals surface area contributed by atoms with E-state index in [1.54, 1.807) is 13.1 Å². The van der Waals surface area contributed by atoms with E-state index in [1.165, 1.54) is 0 Å². The number of carbonyl (C=O) groups is 1. The molecule has 16 heavy (non-hydrogen) atoms. The van der Waals surface area contributed by atoms with Crippen molar-refractivity contribution >= 4 is 43.6 Å². The highest BCUT2D eigenvalue weighted by Gasteiger charge is 2.04. The van der Waals surface area contributed by atoms with Gasteiger partial charge in [-0.15, -0.1) is 0 Å². The molecule has 0 radical (unpaired) electrons. The van der Waals surface area contributed by atoms with Crippen LogP contribution in [-0.4, -0.2) is 24.1 Å². The van der Waals surface area contributed by atoms with Crippen LogP contribution in [0.2, 0.25) is 0 Å². The number of carbonyl (C=O) groups excluding carboxylic acids is 1. The van der Waals surface area contributed by atoms with E-state index in [2.05, 4.69) is 42.2 Å². The molecule has 0 aliphatic heterocycles. The third-order valence-corrected chi connectivity index (χ3v) is 2.77. The van der Waals surface area contributed by atoms with Crippen LogP contribution in [0, 0.1) is 0 Å². The maximum Gasteiger partial charge on any atom is 0.307 e. The first-order valence-electron chi connectivity index (χ1n) is 4.84. The highest BCUT2D eigenvalue weighted by Crippen LogP contribution is 2.23. The van der Waals surface area contributed by atoms with Crippen molar-refractivity contribution in [2.45, 2.75) is 13.3 Å². The second-order valence-corrected chi connectivity index (χ2v) is 4.74. The van der Waals surface area contributed by atoms with Gasteiger partial charge in [0.15, 0.2) is 0 Å². The fourth-order valence-corrected chi connectivity index (χ4v) is 2.19. The molecule has 0 aliphatic carbocycles. The topological polar surface area (TPSA) is 51.2 Å². The van der Waals surface area contributed by atoms with E-state index in [4.69, 9.17) is 4.74 Å². The third-order valence-electron chi connectivity index (χ3n) is 1.73. The van der Waals surface area contributed by atoms with Gasteiger partial charge in [-0.25, -0.2) is 4.98 Å². The minimum absolute atomic E-state index is 0.205. The van der Waals surface area contributed by atoms with Crippen LogP contribution in [0.15, 0.2) is 21.2 Å². The van der Waals surface area contributed by atoms with Crippen LogP contribution in [0.25, 0.3) is 0 Å². The summed E-state index contributed by atoms with van der Waals surface area (Å²) in [4.78, 5) is 15.2. The van der Waals surface area contributed by atoms with Crippen LogP contribution in [0.4, 0.5) is 5.82 Å². The van der Waals surface area contributed by atoms with Crippen molar-refractivity contribution in [2.24, 2.45) is 0 Å². The highest BCUT2D eigenvalue weighted by atomic mass is 79.9. The molecule has 0 saturated heterocycles. The lowest BCUT2D eigenvalue weighted by Crippen LogP contribution is -2.12. The summed E-state index contributed by atoms with van der Waals surface area (Å²) in [6.45, 7) is 2.71. The van der Waals surface area contributed by atoms with Gasteiger partial charge in [-0.2, -0.15) is 0 Å².